The molecule has 0 bridgehead atoms. The van der Waals surface area contributed by atoms with Crippen molar-refractivity contribution in [2.75, 3.05) is 14.2 Å². The van der Waals surface area contributed by atoms with Crippen molar-refractivity contribution in [3.8, 4) is 5.75 Å². The van der Waals surface area contributed by atoms with Crippen molar-refractivity contribution in [1.82, 2.24) is 10.3 Å². The number of rotatable bonds is 5. The largest absolute Gasteiger partial charge is 0.497 e. The molecular weight excluding hydrogens is 236 g/mol. The van der Waals surface area contributed by atoms with Crippen molar-refractivity contribution in [1.29, 1.82) is 0 Å². The fraction of sp³-hybridized carbons (Fsp3) is 0.312. The number of hydrogen-bond donors (Lipinski definition) is 1. The molecule has 0 spiro atoms. The number of nitrogens with one attached hydrogen (secondary N) is 1. The van der Waals surface area contributed by atoms with Crippen LogP contribution in [0, 0.1) is 6.92 Å². The predicted molar refractivity (Wildman–Crippen MR) is 77.5 cm³/mol. The second-order valence-corrected chi connectivity index (χ2v) is 4.65. The summed E-state index contributed by atoms with van der Waals surface area (Å²) in [6, 6.07) is 12.6. The van der Waals surface area contributed by atoms with Crippen LogP contribution in [0.15, 0.2) is 42.6 Å². The molecule has 100 valence electrons. The quantitative estimate of drug-likeness (QED) is 0.893. The highest BCUT2D eigenvalue weighted by Gasteiger charge is 2.11. The molecule has 2 aromatic rings. The van der Waals surface area contributed by atoms with Crippen LogP contribution in [0.1, 0.15) is 22.9 Å². The minimum absolute atomic E-state index is 0.241. The molecule has 0 radical (unpaired) electrons. The Hall–Kier alpha value is -1.87. The van der Waals surface area contributed by atoms with Crippen molar-refractivity contribution >= 4 is 0 Å². The molecule has 0 amide bonds. The van der Waals surface area contributed by atoms with E-state index in [2.05, 4.69) is 34.6 Å². The molecule has 19 heavy (non-hydrogen) atoms. The van der Waals surface area contributed by atoms with Gasteiger partial charge in [0.2, 0.25) is 0 Å². The number of benzene rings is 1. The highest BCUT2D eigenvalue weighted by Crippen LogP contribution is 2.21. The lowest BCUT2D eigenvalue weighted by molar-refractivity contribution is 0.413. The molecule has 1 aromatic carbocycles. The van der Waals surface area contributed by atoms with Crippen LogP contribution in [0.25, 0.3) is 0 Å². The first-order chi connectivity index (χ1) is 9.22. The maximum atomic E-state index is 5.27. The monoisotopic (exact) mass is 256 g/mol. The number of methoxy groups -OCH3 is 1. The number of aryl methyl sites for hydroxylation is 1. The Balaban J connectivity index is 2.17. The molecule has 1 N–H and O–H groups in total. The van der Waals surface area contributed by atoms with Gasteiger partial charge in [-0.1, -0.05) is 18.2 Å². The number of likely N-dealkylation sites (N-methyl/N-ethyl adjacent to an activating group) is 1. The highest BCUT2D eigenvalue weighted by atomic mass is 16.5. The number of ether oxygens (including phenoxy) is 1. The molecule has 1 heterocycles. The van der Waals surface area contributed by atoms with Crippen LogP contribution in [-0.2, 0) is 6.42 Å². The van der Waals surface area contributed by atoms with E-state index in [1.54, 1.807) is 7.11 Å². The van der Waals surface area contributed by atoms with Gasteiger partial charge in [0.1, 0.15) is 5.75 Å². The van der Waals surface area contributed by atoms with E-state index in [-0.39, 0.29) is 6.04 Å². The molecule has 3 heteroatoms. The number of hydrogen-bond acceptors (Lipinski definition) is 3. The first kappa shape index (κ1) is 13.6. The van der Waals surface area contributed by atoms with Crippen LogP contribution in [0.5, 0.6) is 5.75 Å². The molecule has 0 aliphatic carbocycles. The van der Waals surface area contributed by atoms with Gasteiger partial charge in [-0.05, 0) is 43.3 Å². The van der Waals surface area contributed by atoms with Crippen molar-refractivity contribution < 1.29 is 4.74 Å². The molecule has 0 aliphatic rings. The van der Waals surface area contributed by atoms with Gasteiger partial charge in [-0.15, -0.1) is 0 Å². The van der Waals surface area contributed by atoms with Crippen LogP contribution in [0.3, 0.4) is 0 Å². The average molecular weight is 256 g/mol. The minimum Gasteiger partial charge on any atom is -0.497 e. The molecule has 3 nitrogen and oxygen atoms in total. The topological polar surface area (TPSA) is 34.2 Å². The maximum Gasteiger partial charge on any atom is 0.119 e. The number of pyridine rings is 1. The molecular formula is C16H20N2O. The fourth-order valence-corrected chi connectivity index (χ4v) is 2.07. The van der Waals surface area contributed by atoms with Gasteiger partial charge in [0.15, 0.2) is 0 Å². The van der Waals surface area contributed by atoms with Gasteiger partial charge in [-0.25, -0.2) is 0 Å². The molecule has 1 aromatic heterocycles. The van der Waals surface area contributed by atoms with E-state index in [0.29, 0.717) is 0 Å². The van der Waals surface area contributed by atoms with E-state index in [1.807, 2.05) is 32.3 Å². The third-order valence-electron chi connectivity index (χ3n) is 3.23. The van der Waals surface area contributed by atoms with Crippen molar-refractivity contribution in [3.05, 3.63) is 59.4 Å². The summed E-state index contributed by atoms with van der Waals surface area (Å²) in [6.45, 7) is 2.05. The third kappa shape index (κ3) is 3.55. The summed E-state index contributed by atoms with van der Waals surface area (Å²) >= 11 is 0. The summed E-state index contributed by atoms with van der Waals surface area (Å²) < 4.78 is 5.27. The van der Waals surface area contributed by atoms with Crippen LogP contribution < -0.4 is 10.1 Å². The number of nitrogens with zero attached hydrogens (tertiary/aromatic N) is 1. The van der Waals surface area contributed by atoms with Gasteiger partial charge in [-0.3, -0.25) is 4.98 Å². The Labute approximate surface area is 114 Å². The summed E-state index contributed by atoms with van der Waals surface area (Å²) in [5, 5.41) is 3.34. The Kier molecular flexibility index (Phi) is 4.53. The van der Waals surface area contributed by atoms with E-state index < -0.39 is 0 Å². The second-order valence-electron chi connectivity index (χ2n) is 4.65. The number of aromatic nitrogens is 1. The van der Waals surface area contributed by atoms with Gasteiger partial charge in [0.05, 0.1) is 7.11 Å². The molecule has 0 saturated carbocycles. The average Bonchev–Trinajstić information content (AvgIpc) is 2.46. The summed E-state index contributed by atoms with van der Waals surface area (Å²) in [4.78, 5) is 4.46. The fourth-order valence-electron chi connectivity index (χ4n) is 2.07. The van der Waals surface area contributed by atoms with Crippen LogP contribution in [0.2, 0.25) is 0 Å². The zero-order valence-electron chi connectivity index (χ0n) is 11.7. The SMILES string of the molecule is CNC(Cc1ccc(C)cn1)c1cccc(OC)c1. The van der Waals surface area contributed by atoms with Gasteiger partial charge >= 0.3 is 0 Å². The Morgan fingerprint density at radius 1 is 1.26 bits per heavy atom. The van der Waals surface area contributed by atoms with Crippen LogP contribution in [0.4, 0.5) is 0 Å². The lowest BCUT2D eigenvalue weighted by Gasteiger charge is -2.17. The third-order valence-corrected chi connectivity index (χ3v) is 3.23. The van der Waals surface area contributed by atoms with Gasteiger partial charge in [0, 0.05) is 24.4 Å². The summed E-state index contributed by atoms with van der Waals surface area (Å²) in [5.41, 5.74) is 3.49. The van der Waals surface area contributed by atoms with E-state index in [0.717, 1.165) is 17.9 Å². The Morgan fingerprint density at radius 2 is 2.11 bits per heavy atom. The zero-order chi connectivity index (χ0) is 13.7. The molecule has 2 rings (SSSR count). The van der Waals surface area contributed by atoms with Crippen LogP contribution >= 0.6 is 0 Å². The molecule has 1 unspecified atom stereocenters. The van der Waals surface area contributed by atoms with E-state index >= 15 is 0 Å². The van der Waals surface area contributed by atoms with Crippen LogP contribution in [-0.4, -0.2) is 19.1 Å². The smallest absolute Gasteiger partial charge is 0.119 e. The molecule has 0 fully saturated rings. The first-order valence-electron chi connectivity index (χ1n) is 6.45. The minimum atomic E-state index is 0.241. The van der Waals surface area contributed by atoms with E-state index in [9.17, 15) is 0 Å². The highest BCUT2D eigenvalue weighted by molar-refractivity contribution is 5.31. The Bertz CT molecular complexity index is 523. The van der Waals surface area contributed by atoms with Gasteiger partial charge < -0.3 is 10.1 Å². The molecule has 1 atom stereocenters. The summed E-state index contributed by atoms with van der Waals surface area (Å²) in [6.07, 6.45) is 2.78. The lowest BCUT2D eigenvalue weighted by Crippen LogP contribution is -2.19. The zero-order valence-corrected chi connectivity index (χ0v) is 11.7. The van der Waals surface area contributed by atoms with Gasteiger partial charge in [-0.2, -0.15) is 0 Å². The molecule has 0 aliphatic heterocycles. The standard InChI is InChI=1S/C16H20N2O/c1-12-7-8-14(18-11-12)10-16(17-2)13-5-4-6-15(9-13)19-3/h4-9,11,16-17H,10H2,1-3H3. The first-order valence-corrected chi connectivity index (χ1v) is 6.45. The second kappa shape index (κ2) is 6.34. The predicted octanol–water partition coefficient (Wildman–Crippen LogP) is 2.90. The van der Waals surface area contributed by atoms with Gasteiger partial charge in [0.25, 0.3) is 0 Å². The van der Waals surface area contributed by atoms with E-state index in [4.69, 9.17) is 4.74 Å². The molecule has 0 saturated heterocycles. The summed E-state index contributed by atoms with van der Waals surface area (Å²) in [5.74, 6) is 0.884. The lowest BCUT2D eigenvalue weighted by atomic mass is 10.0. The van der Waals surface area contributed by atoms with E-state index in [1.165, 1.54) is 11.1 Å². The van der Waals surface area contributed by atoms with Crippen molar-refractivity contribution in [2.24, 2.45) is 0 Å². The van der Waals surface area contributed by atoms with Crippen molar-refractivity contribution in [2.45, 2.75) is 19.4 Å². The summed E-state index contributed by atoms with van der Waals surface area (Å²) in [7, 11) is 3.66. The normalized spacial score (nSPS) is 12.2. The Morgan fingerprint density at radius 3 is 2.74 bits per heavy atom. The maximum absolute atomic E-state index is 5.27. The van der Waals surface area contributed by atoms with Crippen molar-refractivity contribution in [3.63, 3.8) is 0 Å².